The van der Waals surface area contributed by atoms with Crippen LogP contribution in [0.3, 0.4) is 0 Å². The average molecular weight is 360 g/mol. The van der Waals surface area contributed by atoms with Gasteiger partial charge in [-0.3, -0.25) is 4.99 Å². The van der Waals surface area contributed by atoms with Crippen molar-refractivity contribution in [3.63, 3.8) is 0 Å². The van der Waals surface area contributed by atoms with Crippen molar-refractivity contribution in [1.29, 1.82) is 0 Å². The lowest BCUT2D eigenvalue weighted by Gasteiger charge is -2.60. The third-order valence-electron chi connectivity index (χ3n) is 5.44. The van der Waals surface area contributed by atoms with Gasteiger partial charge in [-0.05, 0) is 33.6 Å². The van der Waals surface area contributed by atoms with Gasteiger partial charge in [-0.15, -0.1) is 0 Å². The topological polar surface area (TPSA) is 79.8 Å². The quantitative estimate of drug-likeness (QED) is 0.588. The molecule has 7 heteroatoms. The van der Waals surface area contributed by atoms with Gasteiger partial charge >= 0.3 is 0 Å². The highest BCUT2D eigenvalue weighted by atomic mass is 32.2. The molecule has 2 fully saturated rings. The van der Waals surface area contributed by atoms with E-state index in [9.17, 15) is 8.42 Å². The maximum Gasteiger partial charge on any atom is 0.191 e. The number of nitrogens with one attached hydrogen (secondary N) is 2. The van der Waals surface area contributed by atoms with Gasteiger partial charge in [-0.2, -0.15) is 0 Å². The third-order valence-corrected chi connectivity index (χ3v) is 8.05. The van der Waals surface area contributed by atoms with Crippen molar-refractivity contribution in [2.75, 3.05) is 26.0 Å². The van der Waals surface area contributed by atoms with Crippen LogP contribution in [0.2, 0.25) is 0 Å². The van der Waals surface area contributed by atoms with Gasteiger partial charge in [0, 0.05) is 37.6 Å². The Morgan fingerprint density at radius 2 is 2.00 bits per heavy atom. The molecule has 2 aliphatic rings. The molecular formula is C17H33N3O3S. The van der Waals surface area contributed by atoms with E-state index in [1.165, 1.54) is 6.42 Å². The number of guanidine groups is 1. The van der Waals surface area contributed by atoms with E-state index in [1.54, 1.807) is 27.8 Å². The lowest BCUT2D eigenvalue weighted by atomic mass is 9.55. The number of hydrogen-bond acceptors (Lipinski definition) is 4. The third kappa shape index (κ3) is 3.72. The van der Waals surface area contributed by atoms with Crippen molar-refractivity contribution in [2.24, 2.45) is 16.3 Å². The van der Waals surface area contributed by atoms with Crippen LogP contribution in [0.5, 0.6) is 0 Å². The minimum Gasteiger partial charge on any atom is -0.377 e. The first kappa shape index (κ1) is 19.5. The van der Waals surface area contributed by atoms with Gasteiger partial charge in [0.25, 0.3) is 0 Å². The minimum absolute atomic E-state index is 0.0557. The molecule has 0 aromatic carbocycles. The largest absolute Gasteiger partial charge is 0.377 e. The average Bonchev–Trinajstić information content (AvgIpc) is 2.49. The predicted molar refractivity (Wildman–Crippen MR) is 98.1 cm³/mol. The zero-order valence-corrected chi connectivity index (χ0v) is 16.7. The van der Waals surface area contributed by atoms with E-state index in [2.05, 4.69) is 29.5 Å². The molecule has 1 aliphatic heterocycles. The highest BCUT2D eigenvalue weighted by Gasteiger charge is 2.58. The monoisotopic (exact) mass is 359 g/mol. The predicted octanol–water partition coefficient (Wildman–Crippen LogP) is 1.57. The molecule has 3 atom stereocenters. The molecule has 24 heavy (non-hydrogen) atoms. The van der Waals surface area contributed by atoms with Crippen molar-refractivity contribution >= 4 is 15.8 Å². The van der Waals surface area contributed by atoms with Crippen LogP contribution in [0.1, 0.15) is 47.5 Å². The Morgan fingerprint density at radius 3 is 2.58 bits per heavy atom. The molecule has 1 aliphatic carbocycles. The molecular weight excluding hydrogens is 326 g/mol. The molecule has 0 spiro atoms. The molecule has 3 unspecified atom stereocenters. The number of hydrogen-bond donors (Lipinski definition) is 2. The summed E-state index contributed by atoms with van der Waals surface area (Å²) >= 11 is 0. The Labute approximate surface area is 146 Å². The van der Waals surface area contributed by atoms with Gasteiger partial charge in [0.15, 0.2) is 15.8 Å². The highest BCUT2D eigenvalue weighted by molar-refractivity contribution is 7.92. The minimum atomic E-state index is -3.13. The second-order valence-electron chi connectivity index (χ2n) is 8.47. The second-order valence-corrected chi connectivity index (χ2v) is 11.3. The summed E-state index contributed by atoms with van der Waals surface area (Å²) in [6.07, 6.45) is 2.58. The number of sulfone groups is 1. The van der Waals surface area contributed by atoms with Crippen LogP contribution < -0.4 is 10.6 Å². The van der Waals surface area contributed by atoms with Gasteiger partial charge in [-0.25, -0.2) is 8.42 Å². The molecule has 6 nitrogen and oxygen atoms in total. The first-order chi connectivity index (χ1) is 11.0. The Balaban J connectivity index is 1.89. The summed E-state index contributed by atoms with van der Waals surface area (Å²) in [5.41, 5.74) is 0.0557. The zero-order chi connectivity index (χ0) is 18.2. The van der Waals surface area contributed by atoms with Gasteiger partial charge < -0.3 is 15.4 Å². The van der Waals surface area contributed by atoms with Crippen LogP contribution in [0.25, 0.3) is 0 Å². The maximum absolute atomic E-state index is 12.2. The van der Waals surface area contributed by atoms with Crippen LogP contribution in [-0.4, -0.2) is 57.2 Å². The summed E-state index contributed by atoms with van der Waals surface area (Å²) in [6.45, 7) is 10.8. The van der Waals surface area contributed by atoms with Gasteiger partial charge in [0.1, 0.15) is 0 Å². The summed E-state index contributed by atoms with van der Waals surface area (Å²) in [6, 6.07) is 0.299. The van der Waals surface area contributed by atoms with E-state index in [1.807, 2.05) is 0 Å². The Hall–Kier alpha value is -0.820. The standard InChI is InChI=1S/C17H33N3O3S/c1-16(2,3)24(21,22)11-9-19-15(18-6)20-13-12-8-7-10-23-14(12)17(13,4)5/h12-14H,7-11H2,1-6H3,(H2,18,19,20). The summed E-state index contributed by atoms with van der Waals surface area (Å²) in [7, 11) is -1.41. The van der Waals surface area contributed by atoms with E-state index in [-0.39, 0.29) is 11.2 Å². The van der Waals surface area contributed by atoms with Crippen molar-refractivity contribution in [1.82, 2.24) is 10.6 Å². The van der Waals surface area contributed by atoms with E-state index in [4.69, 9.17) is 4.74 Å². The molecule has 140 valence electrons. The fourth-order valence-corrected chi connectivity index (χ4v) is 4.75. The van der Waals surface area contributed by atoms with Gasteiger partial charge in [-0.1, -0.05) is 13.8 Å². The normalized spacial score (nSPS) is 30.2. The van der Waals surface area contributed by atoms with Crippen molar-refractivity contribution in [2.45, 2.75) is 64.4 Å². The Kier molecular flexibility index (Phi) is 5.55. The first-order valence-corrected chi connectivity index (χ1v) is 10.5. The smallest absolute Gasteiger partial charge is 0.191 e. The lowest BCUT2D eigenvalue weighted by molar-refractivity contribution is -0.188. The number of nitrogens with zero attached hydrogens (tertiary/aromatic N) is 1. The molecule has 1 heterocycles. The lowest BCUT2D eigenvalue weighted by Crippen LogP contribution is -2.71. The SMILES string of the molecule is CN=C(NCCS(=O)(=O)C(C)(C)C)NC1C2CCCOC2C1(C)C. The Bertz CT molecular complexity index is 578. The number of aliphatic imine (C=N–C) groups is 1. The van der Waals surface area contributed by atoms with Crippen LogP contribution >= 0.6 is 0 Å². The van der Waals surface area contributed by atoms with Gasteiger partial charge in [0.05, 0.1) is 16.6 Å². The fourth-order valence-electron chi connectivity index (χ4n) is 3.77. The molecule has 0 amide bonds. The molecule has 2 rings (SSSR count). The maximum atomic E-state index is 12.2. The van der Waals surface area contributed by atoms with Crippen LogP contribution in [0.4, 0.5) is 0 Å². The van der Waals surface area contributed by atoms with E-state index in [0.29, 0.717) is 30.6 Å². The summed E-state index contributed by atoms with van der Waals surface area (Å²) in [5.74, 6) is 1.27. The van der Waals surface area contributed by atoms with Crippen molar-refractivity contribution in [3.8, 4) is 0 Å². The fraction of sp³-hybridized carbons (Fsp3) is 0.941. The van der Waals surface area contributed by atoms with E-state index >= 15 is 0 Å². The molecule has 0 radical (unpaired) electrons. The molecule has 2 N–H and O–H groups in total. The van der Waals surface area contributed by atoms with Gasteiger partial charge in [0.2, 0.25) is 0 Å². The first-order valence-electron chi connectivity index (χ1n) is 8.82. The van der Waals surface area contributed by atoms with Crippen molar-refractivity contribution in [3.05, 3.63) is 0 Å². The number of fused-ring (bicyclic) bond motifs is 1. The summed E-state index contributed by atoms with van der Waals surface area (Å²) in [5, 5.41) is 6.63. The molecule has 0 aromatic heterocycles. The van der Waals surface area contributed by atoms with E-state index < -0.39 is 14.6 Å². The van der Waals surface area contributed by atoms with E-state index in [0.717, 1.165) is 13.0 Å². The number of rotatable bonds is 4. The van der Waals surface area contributed by atoms with Crippen LogP contribution in [-0.2, 0) is 14.6 Å². The molecule has 1 saturated heterocycles. The summed E-state index contributed by atoms with van der Waals surface area (Å²) in [4.78, 5) is 4.25. The second kappa shape index (κ2) is 6.83. The zero-order valence-electron chi connectivity index (χ0n) is 15.8. The summed E-state index contributed by atoms with van der Waals surface area (Å²) < 4.78 is 29.6. The highest BCUT2D eigenvalue weighted by Crippen LogP contribution is 2.51. The molecule has 1 saturated carbocycles. The Morgan fingerprint density at radius 1 is 1.33 bits per heavy atom. The van der Waals surface area contributed by atoms with Crippen LogP contribution in [0.15, 0.2) is 4.99 Å². The molecule has 0 bridgehead atoms. The number of ether oxygens (including phenoxy) is 1. The molecule has 0 aromatic rings. The van der Waals surface area contributed by atoms with Crippen LogP contribution in [0, 0.1) is 11.3 Å². The van der Waals surface area contributed by atoms with Crippen molar-refractivity contribution < 1.29 is 13.2 Å².